The van der Waals surface area contributed by atoms with Gasteiger partial charge >= 0.3 is 0 Å². The number of primary amides is 1. The third kappa shape index (κ3) is 4.98. The fourth-order valence-electron chi connectivity index (χ4n) is 2.23. The van der Waals surface area contributed by atoms with E-state index in [4.69, 9.17) is 5.73 Å². The zero-order valence-corrected chi connectivity index (χ0v) is 14.7. The van der Waals surface area contributed by atoms with Gasteiger partial charge in [0.15, 0.2) is 0 Å². The van der Waals surface area contributed by atoms with Gasteiger partial charge in [0, 0.05) is 15.6 Å². The van der Waals surface area contributed by atoms with E-state index in [0.717, 1.165) is 21.3 Å². The largest absolute Gasteiger partial charge is 0.368 e. The van der Waals surface area contributed by atoms with Crippen LogP contribution in [0.4, 0.5) is 8.78 Å². The smallest absolute Gasteiger partial charge is 0.240 e. The zero-order valence-electron chi connectivity index (χ0n) is 12.6. The second-order valence-electron chi connectivity index (χ2n) is 5.23. The molecule has 0 saturated carbocycles. The van der Waals surface area contributed by atoms with Crippen LogP contribution in [0.25, 0.3) is 0 Å². The monoisotopic (exact) mass is 444 g/mol. The molecule has 2 rings (SSSR count). The molecule has 2 amide bonds. The van der Waals surface area contributed by atoms with E-state index in [9.17, 15) is 18.4 Å². The first-order valence-corrected chi connectivity index (χ1v) is 8.20. The van der Waals surface area contributed by atoms with Crippen LogP contribution in [-0.2, 0) is 22.4 Å². The number of amides is 2. The first kappa shape index (κ1) is 18.3. The number of halogens is 3. The Kier molecular flexibility index (Phi) is 6.24. The number of nitrogens with two attached hydrogens (primary N) is 1. The molecule has 24 heavy (non-hydrogen) atoms. The highest BCUT2D eigenvalue weighted by atomic mass is 127. The number of rotatable bonds is 6. The lowest BCUT2D eigenvalue weighted by Gasteiger charge is -2.16. The molecule has 0 aliphatic carbocycles. The minimum Gasteiger partial charge on any atom is -0.368 e. The Labute approximate surface area is 151 Å². The van der Waals surface area contributed by atoms with Crippen molar-refractivity contribution in [2.45, 2.75) is 18.9 Å². The van der Waals surface area contributed by atoms with Crippen LogP contribution in [0.2, 0.25) is 0 Å². The quantitative estimate of drug-likeness (QED) is 0.672. The number of hydrogen-bond acceptors (Lipinski definition) is 2. The van der Waals surface area contributed by atoms with Gasteiger partial charge in [-0.3, -0.25) is 9.59 Å². The predicted octanol–water partition coefficient (Wildman–Crippen LogP) is 2.32. The van der Waals surface area contributed by atoms with E-state index in [1.807, 2.05) is 18.2 Å². The molecular weight excluding hydrogens is 429 g/mol. The Morgan fingerprint density at radius 1 is 1.12 bits per heavy atom. The third-order valence-corrected chi connectivity index (χ3v) is 4.08. The van der Waals surface area contributed by atoms with Crippen LogP contribution in [-0.4, -0.2) is 17.9 Å². The summed E-state index contributed by atoms with van der Waals surface area (Å²) < 4.78 is 28.2. The highest BCUT2D eigenvalue weighted by Crippen LogP contribution is 2.13. The molecule has 7 heteroatoms. The molecule has 0 aliphatic rings. The average Bonchev–Trinajstić information content (AvgIpc) is 2.50. The topological polar surface area (TPSA) is 72.2 Å². The Hall–Kier alpha value is -2.03. The van der Waals surface area contributed by atoms with Crippen molar-refractivity contribution < 1.29 is 18.4 Å². The molecular formula is C17H15F2IN2O2. The summed E-state index contributed by atoms with van der Waals surface area (Å²) in [6, 6.07) is 9.79. The number of carbonyl (C=O) groups is 2. The average molecular weight is 444 g/mol. The first-order chi connectivity index (χ1) is 11.4. The molecule has 0 unspecified atom stereocenters. The van der Waals surface area contributed by atoms with Crippen molar-refractivity contribution in [3.63, 3.8) is 0 Å². The predicted molar refractivity (Wildman–Crippen MR) is 94.1 cm³/mol. The van der Waals surface area contributed by atoms with E-state index in [-0.39, 0.29) is 12.0 Å². The summed E-state index contributed by atoms with van der Waals surface area (Å²) in [5.41, 5.74) is 5.80. The van der Waals surface area contributed by atoms with E-state index >= 15 is 0 Å². The molecule has 3 N–H and O–H groups in total. The number of hydrogen-bond donors (Lipinski definition) is 2. The van der Waals surface area contributed by atoms with Crippen molar-refractivity contribution in [3.05, 3.63) is 68.8 Å². The van der Waals surface area contributed by atoms with Gasteiger partial charge in [-0.15, -0.1) is 0 Å². The maximum absolute atomic E-state index is 13.6. The van der Waals surface area contributed by atoms with Crippen LogP contribution in [0, 0.1) is 15.2 Å². The molecule has 0 radical (unpaired) electrons. The van der Waals surface area contributed by atoms with Crippen molar-refractivity contribution in [2.24, 2.45) is 5.73 Å². The first-order valence-electron chi connectivity index (χ1n) is 7.13. The lowest BCUT2D eigenvalue weighted by Crippen LogP contribution is -2.46. The number of carbonyl (C=O) groups excluding carboxylic acids is 2. The minimum atomic E-state index is -0.953. The zero-order chi connectivity index (χ0) is 17.7. The summed E-state index contributed by atoms with van der Waals surface area (Å²) in [6.07, 6.45) is -0.299. The van der Waals surface area contributed by atoms with Crippen LogP contribution in [0.3, 0.4) is 0 Å². The van der Waals surface area contributed by atoms with Crippen LogP contribution in [0.15, 0.2) is 42.5 Å². The highest BCUT2D eigenvalue weighted by molar-refractivity contribution is 14.1. The molecule has 0 bridgehead atoms. The Balaban J connectivity index is 2.07. The molecule has 4 nitrogen and oxygen atoms in total. The molecule has 126 valence electrons. The second kappa shape index (κ2) is 8.18. The Bertz CT molecular complexity index is 748. The number of benzene rings is 2. The molecule has 0 aromatic heterocycles. The van der Waals surface area contributed by atoms with Gasteiger partial charge < -0.3 is 11.1 Å². The fourth-order valence-corrected chi connectivity index (χ4v) is 2.84. The van der Waals surface area contributed by atoms with Gasteiger partial charge in [-0.25, -0.2) is 8.78 Å². The van der Waals surface area contributed by atoms with Crippen molar-refractivity contribution >= 4 is 34.4 Å². The minimum absolute atomic E-state index is 0.206. The van der Waals surface area contributed by atoms with Crippen LogP contribution >= 0.6 is 22.6 Å². The maximum atomic E-state index is 13.6. The molecule has 2 aromatic carbocycles. The maximum Gasteiger partial charge on any atom is 0.240 e. The SMILES string of the molecule is NC(=O)[C@H](Cc1cccc(I)c1)NC(=O)Cc1c(F)cccc1F. The van der Waals surface area contributed by atoms with Gasteiger partial charge in [-0.1, -0.05) is 18.2 Å². The summed E-state index contributed by atoms with van der Waals surface area (Å²) in [7, 11) is 0. The van der Waals surface area contributed by atoms with Gasteiger partial charge in [0.1, 0.15) is 17.7 Å². The van der Waals surface area contributed by atoms with E-state index in [0.29, 0.717) is 0 Å². The highest BCUT2D eigenvalue weighted by Gasteiger charge is 2.20. The van der Waals surface area contributed by atoms with Crippen molar-refractivity contribution in [1.82, 2.24) is 5.32 Å². The molecule has 0 spiro atoms. The molecule has 2 aromatic rings. The molecule has 0 heterocycles. The molecule has 0 fully saturated rings. The molecule has 1 atom stereocenters. The Morgan fingerprint density at radius 2 is 1.75 bits per heavy atom. The summed E-state index contributed by atoms with van der Waals surface area (Å²) >= 11 is 2.13. The summed E-state index contributed by atoms with van der Waals surface area (Å²) in [5, 5.41) is 2.44. The van der Waals surface area contributed by atoms with E-state index < -0.39 is 35.9 Å². The van der Waals surface area contributed by atoms with Crippen molar-refractivity contribution in [1.29, 1.82) is 0 Å². The molecule has 0 saturated heterocycles. The van der Waals surface area contributed by atoms with Gasteiger partial charge in [-0.2, -0.15) is 0 Å². The Morgan fingerprint density at radius 3 is 2.33 bits per heavy atom. The van der Waals surface area contributed by atoms with Crippen molar-refractivity contribution in [2.75, 3.05) is 0 Å². The van der Waals surface area contributed by atoms with Crippen LogP contribution in [0.1, 0.15) is 11.1 Å². The van der Waals surface area contributed by atoms with Crippen LogP contribution in [0.5, 0.6) is 0 Å². The summed E-state index contributed by atoms with van der Waals surface area (Å²) in [6.45, 7) is 0. The van der Waals surface area contributed by atoms with E-state index in [1.54, 1.807) is 6.07 Å². The lowest BCUT2D eigenvalue weighted by atomic mass is 10.0. The summed E-state index contributed by atoms with van der Waals surface area (Å²) in [5.74, 6) is -3.00. The van der Waals surface area contributed by atoms with Gasteiger partial charge in [0.2, 0.25) is 11.8 Å². The standard InChI is InChI=1S/C17H15F2IN2O2/c18-13-5-2-6-14(19)12(13)9-16(23)22-15(17(21)24)8-10-3-1-4-11(20)7-10/h1-7,15H,8-9H2,(H2,21,24)(H,22,23)/t15-/m0/s1. The fraction of sp³-hybridized carbons (Fsp3) is 0.176. The van der Waals surface area contributed by atoms with Gasteiger partial charge in [0.25, 0.3) is 0 Å². The van der Waals surface area contributed by atoms with E-state index in [2.05, 4.69) is 27.9 Å². The van der Waals surface area contributed by atoms with Crippen molar-refractivity contribution in [3.8, 4) is 0 Å². The molecule has 0 aliphatic heterocycles. The van der Waals surface area contributed by atoms with E-state index in [1.165, 1.54) is 6.07 Å². The lowest BCUT2D eigenvalue weighted by molar-refractivity contribution is -0.127. The van der Waals surface area contributed by atoms with Gasteiger partial charge in [-0.05, 0) is 52.4 Å². The number of nitrogens with one attached hydrogen (secondary N) is 1. The third-order valence-electron chi connectivity index (χ3n) is 3.41. The van der Waals surface area contributed by atoms with Gasteiger partial charge in [0.05, 0.1) is 6.42 Å². The summed E-state index contributed by atoms with van der Waals surface area (Å²) in [4.78, 5) is 23.6. The normalized spacial score (nSPS) is 11.8. The second-order valence-corrected chi connectivity index (χ2v) is 6.48. The van der Waals surface area contributed by atoms with Crippen LogP contribution < -0.4 is 11.1 Å².